The SMILES string of the molecule is OCCn1nncc1C1CCCC1. The summed E-state index contributed by atoms with van der Waals surface area (Å²) in [6, 6.07) is 0. The first-order valence-corrected chi connectivity index (χ1v) is 4.91. The topological polar surface area (TPSA) is 50.9 Å². The van der Waals surface area contributed by atoms with E-state index in [0.29, 0.717) is 12.5 Å². The molecule has 1 N–H and O–H groups in total. The lowest BCUT2D eigenvalue weighted by Gasteiger charge is -2.09. The van der Waals surface area contributed by atoms with Crippen molar-refractivity contribution in [2.24, 2.45) is 0 Å². The standard InChI is InChI=1S/C9H15N3O/c13-6-5-12-9(7-10-11-12)8-3-1-2-4-8/h7-8,13H,1-6H2. The zero-order valence-electron chi connectivity index (χ0n) is 7.69. The molecule has 0 saturated heterocycles. The summed E-state index contributed by atoms with van der Waals surface area (Å²) in [5.41, 5.74) is 1.20. The molecule has 0 aromatic carbocycles. The molecule has 1 saturated carbocycles. The third-order valence-electron chi connectivity index (χ3n) is 2.73. The van der Waals surface area contributed by atoms with Gasteiger partial charge in [-0.2, -0.15) is 0 Å². The molecule has 4 heteroatoms. The fourth-order valence-corrected chi connectivity index (χ4v) is 2.07. The quantitative estimate of drug-likeness (QED) is 0.754. The van der Waals surface area contributed by atoms with Gasteiger partial charge in [0, 0.05) is 5.92 Å². The zero-order chi connectivity index (χ0) is 9.10. The van der Waals surface area contributed by atoms with E-state index >= 15 is 0 Å². The number of aliphatic hydroxyl groups excluding tert-OH is 1. The highest BCUT2D eigenvalue weighted by Crippen LogP contribution is 2.33. The van der Waals surface area contributed by atoms with Crippen molar-refractivity contribution in [1.29, 1.82) is 0 Å². The van der Waals surface area contributed by atoms with Crippen LogP contribution in [-0.4, -0.2) is 26.7 Å². The van der Waals surface area contributed by atoms with Gasteiger partial charge in [0.15, 0.2) is 0 Å². The lowest BCUT2D eigenvalue weighted by Crippen LogP contribution is -2.10. The predicted octanol–water partition coefficient (Wildman–Crippen LogP) is 0.928. The minimum atomic E-state index is 0.142. The summed E-state index contributed by atoms with van der Waals surface area (Å²) in [6.45, 7) is 0.717. The van der Waals surface area contributed by atoms with Gasteiger partial charge in [0.2, 0.25) is 0 Å². The van der Waals surface area contributed by atoms with Crippen molar-refractivity contribution in [2.45, 2.75) is 38.1 Å². The first-order chi connectivity index (χ1) is 6.42. The molecule has 72 valence electrons. The second-order valence-electron chi connectivity index (χ2n) is 3.59. The Morgan fingerprint density at radius 3 is 2.92 bits per heavy atom. The van der Waals surface area contributed by atoms with Crippen molar-refractivity contribution >= 4 is 0 Å². The van der Waals surface area contributed by atoms with Gasteiger partial charge in [-0.3, -0.25) is 0 Å². The molecule has 2 rings (SSSR count). The zero-order valence-corrected chi connectivity index (χ0v) is 7.69. The average molecular weight is 181 g/mol. The van der Waals surface area contributed by atoms with Crippen molar-refractivity contribution < 1.29 is 5.11 Å². The summed E-state index contributed by atoms with van der Waals surface area (Å²) >= 11 is 0. The summed E-state index contributed by atoms with van der Waals surface area (Å²) < 4.78 is 1.83. The van der Waals surface area contributed by atoms with Gasteiger partial charge in [0.1, 0.15) is 0 Å². The van der Waals surface area contributed by atoms with Crippen LogP contribution in [0.15, 0.2) is 6.20 Å². The van der Waals surface area contributed by atoms with Gasteiger partial charge < -0.3 is 5.11 Å². The van der Waals surface area contributed by atoms with E-state index in [4.69, 9.17) is 5.11 Å². The van der Waals surface area contributed by atoms with Crippen LogP contribution in [-0.2, 0) is 6.54 Å². The fourth-order valence-electron chi connectivity index (χ4n) is 2.07. The van der Waals surface area contributed by atoms with Crippen molar-refractivity contribution in [3.63, 3.8) is 0 Å². The molecule has 0 unspecified atom stereocenters. The summed E-state index contributed by atoms with van der Waals surface area (Å²) in [4.78, 5) is 0. The second-order valence-corrected chi connectivity index (χ2v) is 3.59. The van der Waals surface area contributed by atoms with Gasteiger partial charge in [0.05, 0.1) is 25.0 Å². The Morgan fingerprint density at radius 1 is 1.46 bits per heavy atom. The minimum Gasteiger partial charge on any atom is -0.394 e. The molecule has 1 heterocycles. The van der Waals surface area contributed by atoms with E-state index in [1.54, 1.807) is 0 Å². The summed E-state index contributed by atoms with van der Waals surface area (Å²) in [7, 11) is 0. The lowest BCUT2D eigenvalue weighted by molar-refractivity contribution is 0.264. The Kier molecular flexibility index (Phi) is 2.59. The van der Waals surface area contributed by atoms with Crippen LogP contribution in [0.2, 0.25) is 0 Å². The molecule has 1 aliphatic carbocycles. The molecule has 0 radical (unpaired) electrons. The van der Waals surface area contributed by atoms with E-state index in [1.165, 1.54) is 31.4 Å². The Hall–Kier alpha value is -0.900. The maximum atomic E-state index is 8.82. The summed E-state index contributed by atoms with van der Waals surface area (Å²) in [5.74, 6) is 0.626. The fraction of sp³-hybridized carbons (Fsp3) is 0.778. The summed E-state index contributed by atoms with van der Waals surface area (Å²) in [5, 5.41) is 16.7. The van der Waals surface area contributed by atoms with E-state index in [0.717, 1.165) is 0 Å². The minimum absolute atomic E-state index is 0.142. The molecule has 1 fully saturated rings. The molecule has 1 aliphatic rings. The van der Waals surface area contributed by atoms with Crippen LogP contribution in [0.4, 0.5) is 0 Å². The van der Waals surface area contributed by atoms with Crippen molar-refractivity contribution in [1.82, 2.24) is 15.0 Å². The van der Waals surface area contributed by atoms with Crippen LogP contribution < -0.4 is 0 Å². The molecular weight excluding hydrogens is 166 g/mol. The highest BCUT2D eigenvalue weighted by Gasteiger charge is 2.20. The molecule has 1 aromatic rings. The Bertz CT molecular complexity index is 266. The third-order valence-corrected chi connectivity index (χ3v) is 2.73. The summed E-state index contributed by atoms with van der Waals surface area (Å²) in [6.07, 6.45) is 6.97. The van der Waals surface area contributed by atoms with E-state index in [2.05, 4.69) is 10.3 Å². The highest BCUT2D eigenvalue weighted by atomic mass is 16.3. The number of aliphatic hydroxyl groups is 1. The molecule has 0 bridgehead atoms. The third kappa shape index (κ3) is 1.72. The Balaban J connectivity index is 2.13. The van der Waals surface area contributed by atoms with E-state index in [-0.39, 0.29) is 6.61 Å². The molecule has 4 nitrogen and oxygen atoms in total. The molecular formula is C9H15N3O. The van der Waals surface area contributed by atoms with Crippen LogP contribution in [0.25, 0.3) is 0 Å². The number of nitrogens with zero attached hydrogens (tertiary/aromatic N) is 3. The van der Waals surface area contributed by atoms with Crippen molar-refractivity contribution in [3.8, 4) is 0 Å². The van der Waals surface area contributed by atoms with Gasteiger partial charge in [-0.1, -0.05) is 18.1 Å². The number of rotatable bonds is 3. The molecule has 0 amide bonds. The number of hydrogen-bond acceptors (Lipinski definition) is 3. The second kappa shape index (κ2) is 3.87. The van der Waals surface area contributed by atoms with Crippen LogP contribution >= 0.6 is 0 Å². The van der Waals surface area contributed by atoms with Gasteiger partial charge in [-0.05, 0) is 12.8 Å². The first-order valence-electron chi connectivity index (χ1n) is 4.91. The molecule has 0 spiro atoms. The monoisotopic (exact) mass is 181 g/mol. The van der Waals surface area contributed by atoms with Crippen LogP contribution in [0.5, 0.6) is 0 Å². The van der Waals surface area contributed by atoms with E-state index in [1.807, 2.05) is 10.9 Å². The molecule has 0 aliphatic heterocycles. The highest BCUT2D eigenvalue weighted by molar-refractivity contribution is 5.05. The smallest absolute Gasteiger partial charge is 0.0728 e. The lowest BCUT2D eigenvalue weighted by atomic mass is 10.1. The Morgan fingerprint density at radius 2 is 2.23 bits per heavy atom. The predicted molar refractivity (Wildman–Crippen MR) is 48.3 cm³/mol. The van der Waals surface area contributed by atoms with Gasteiger partial charge in [0.25, 0.3) is 0 Å². The van der Waals surface area contributed by atoms with Crippen LogP contribution in [0.3, 0.4) is 0 Å². The molecule has 0 atom stereocenters. The first kappa shape index (κ1) is 8.69. The average Bonchev–Trinajstić information content (AvgIpc) is 2.71. The normalized spacial score (nSPS) is 18.2. The van der Waals surface area contributed by atoms with E-state index in [9.17, 15) is 0 Å². The van der Waals surface area contributed by atoms with E-state index < -0.39 is 0 Å². The van der Waals surface area contributed by atoms with Crippen molar-refractivity contribution in [2.75, 3.05) is 6.61 Å². The number of hydrogen-bond donors (Lipinski definition) is 1. The van der Waals surface area contributed by atoms with Crippen molar-refractivity contribution in [3.05, 3.63) is 11.9 Å². The maximum absolute atomic E-state index is 8.82. The number of aromatic nitrogens is 3. The van der Waals surface area contributed by atoms with Crippen LogP contribution in [0, 0.1) is 0 Å². The van der Waals surface area contributed by atoms with Gasteiger partial charge >= 0.3 is 0 Å². The van der Waals surface area contributed by atoms with Gasteiger partial charge in [-0.15, -0.1) is 5.10 Å². The van der Waals surface area contributed by atoms with Crippen LogP contribution in [0.1, 0.15) is 37.3 Å². The Labute approximate surface area is 77.6 Å². The maximum Gasteiger partial charge on any atom is 0.0728 e. The molecule has 13 heavy (non-hydrogen) atoms. The molecule has 1 aromatic heterocycles. The van der Waals surface area contributed by atoms with Gasteiger partial charge in [-0.25, -0.2) is 4.68 Å². The largest absolute Gasteiger partial charge is 0.394 e.